The molecule has 0 radical (unpaired) electrons. The summed E-state index contributed by atoms with van der Waals surface area (Å²) in [7, 11) is 0. The molecule has 0 unspecified atom stereocenters. The van der Waals surface area contributed by atoms with Crippen molar-refractivity contribution in [3.63, 3.8) is 0 Å². The molecular formula is C40H24N6. The van der Waals surface area contributed by atoms with Crippen LogP contribution in [0.1, 0.15) is 5.56 Å². The first-order chi connectivity index (χ1) is 22.8. The molecule has 0 aliphatic heterocycles. The number of aromatic nitrogens is 5. The summed E-state index contributed by atoms with van der Waals surface area (Å²) in [6.07, 6.45) is 7.22. The van der Waals surface area contributed by atoms with Crippen molar-refractivity contribution in [1.82, 2.24) is 24.1 Å². The maximum atomic E-state index is 10.8. The highest BCUT2D eigenvalue weighted by Gasteiger charge is 2.21. The molecule has 0 atom stereocenters. The van der Waals surface area contributed by atoms with Crippen molar-refractivity contribution in [3.8, 4) is 40.0 Å². The average molecular weight is 589 g/mol. The van der Waals surface area contributed by atoms with Crippen LogP contribution in [0.2, 0.25) is 0 Å². The van der Waals surface area contributed by atoms with E-state index in [0.29, 0.717) is 5.56 Å². The van der Waals surface area contributed by atoms with Gasteiger partial charge in [-0.1, -0.05) is 60.7 Å². The number of fused-ring (bicyclic) bond motifs is 6. The van der Waals surface area contributed by atoms with Crippen molar-refractivity contribution in [2.24, 2.45) is 0 Å². The zero-order valence-corrected chi connectivity index (χ0v) is 24.5. The molecule has 0 aliphatic carbocycles. The molecule has 9 aromatic rings. The SMILES string of the molecule is N#Cc1c(-n2c3ccccc3c3cc(-c4ccccn4)ccc32)cncc1-n1c2ccccc2c2cc(-c3ccccn3)ccc21. The fourth-order valence-electron chi connectivity index (χ4n) is 6.74. The molecule has 5 heterocycles. The molecule has 0 saturated heterocycles. The van der Waals surface area contributed by atoms with Gasteiger partial charge in [-0.25, -0.2) is 0 Å². The third-order valence-electron chi connectivity index (χ3n) is 8.77. The van der Waals surface area contributed by atoms with Crippen LogP contribution >= 0.6 is 0 Å². The molecule has 46 heavy (non-hydrogen) atoms. The molecule has 6 heteroatoms. The smallest absolute Gasteiger partial charge is 0.104 e. The number of hydrogen-bond donors (Lipinski definition) is 0. The van der Waals surface area contributed by atoms with Gasteiger partial charge in [-0.05, 0) is 60.7 Å². The molecule has 0 spiro atoms. The van der Waals surface area contributed by atoms with Crippen LogP contribution in [0.4, 0.5) is 0 Å². The first kappa shape index (κ1) is 25.9. The van der Waals surface area contributed by atoms with E-state index in [0.717, 1.165) is 77.5 Å². The molecule has 0 fully saturated rings. The van der Waals surface area contributed by atoms with Gasteiger partial charge in [0.05, 0.1) is 57.2 Å². The lowest BCUT2D eigenvalue weighted by Crippen LogP contribution is -2.05. The lowest BCUT2D eigenvalue weighted by molar-refractivity contribution is 1.07. The maximum Gasteiger partial charge on any atom is 0.104 e. The Labute approximate surface area is 264 Å². The van der Waals surface area contributed by atoms with Gasteiger partial charge in [0.15, 0.2) is 0 Å². The van der Waals surface area contributed by atoms with Gasteiger partial charge in [0, 0.05) is 45.1 Å². The summed E-state index contributed by atoms with van der Waals surface area (Å²) in [5, 5.41) is 15.2. The number of hydrogen-bond acceptors (Lipinski definition) is 4. The highest BCUT2D eigenvalue weighted by atomic mass is 15.0. The molecule has 0 aliphatic rings. The summed E-state index contributed by atoms with van der Waals surface area (Å²) in [6, 6.07) is 43.9. The molecule has 5 aromatic heterocycles. The maximum absolute atomic E-state index is 10.8. The molecule has 4 aromatic carbocycles. The summed E-state index contributed by atoms with van der Waals surface area (Å²) < 4.78 is 4.32. The van der Waals surface area contributed by atoms with Gasteiger partial charge in [-0.3, -0.25) is 15.0 Å². The van der Waals surface area contributed by atoms with E-state index < -0.39 is 0 Å². The van der Waals surface area contributed by atoms with E-state index in [2.05, 4.69) is 98.0 Å². The van der Waals surface area contributed by atoms with E-state index in [4.69, 9.17) is 4.98 Å². The van der Waals surface area contributed by atoms with Gasteiger partial charge >= 0.3 is 0 Å². The van der Waals surface area contributed by atoms with Crippen LogP contribution in [0, 0.1) is 11.3 Å². The summed E-state index contributed by atoms with van der Waals surface area (Å²) in [5.74, 6) is 0. The standard InChI is InChI=1S/C40H24N6/c41-23-32-39(45-35-13-3-1-9-28(35)30-21-26(15-17-37(30)45)33-11-5-7-19-43-33)24-42-25-40(32)46-36-14-4-2-10-29(36)31-22-27(16-18-38(31)46)34-12-6-8-20-44-34/h1-22,24-25H. The van der Waals surface area contributed by atoms with Gasteiger partial charge in [0.25, 0.3) is 0 Å². The Morgan fingerprint density at radius 1 is 0.478 bits per heavy atom. The van der Waals surface area contributed by atoms with Gasteiger partial charge in [0.2, 0.25) is 0 Å². The Morgan fingerprint density at radius 2 is 0.935 bits per heavy atom. The van der Waals surface area contributed by atoms with Crippen LogP contribution < -0.4 is 0 Å². The average Bonchev–Trinajstić information content (AvgIpc) is 3.64. The van der Waals surface area contributed by atoms with Crippen LogP contribution in [-0.4, -0.2) is 24.1 Å². The minimum Gasteiger partial charge on any atom is -0.306 e. The second kappa shape index (κ2) is 10.3. The predicted molar refractivity (Wildman–Crippen MR) is 184 cm³/mol. The molecule has 0 bridgehead atoms. The number of rotatable bonds is 4. The van der Waals surface area contributed by atoms with Gasteiger partial charge in [0.1, 0.15) is 11.6 Å². The van der Waals surface area contributed by atoms with Crippen molar-refractivity contribution in [2.75, 3.05) is 0 Å². The monoisotopic (exact) mass is 588 g/mol. The Balaban J connectivity index is 1.31. The number of para-hydroxylation sites is 2. The second-order valence-corrected chi connectivity index (χ2v) is 11.3. The second-order valence-electron chi connectivity index (χ2n) is 11.3. The van der Waals surface area contributed by atoms with Gasteiger partial charge < -0.3 is 9.13 Å². The highest BCUT2D eigenvalue weighted by molar-refractivity contribution is 6.12. The lowest BCUT2D eigenvalue weighted by Gasteiger charge is -2.15. The number of nitriles is 1. The zero-order valence-electron chi connectivity index (χ0n) is 24.5. The topological polar surface area (TPSA) is 72.3 Å². The molecule has 0 saturated carbocycles. The molecule has 214 valence electrons. The molecular weight excluding hydrogens is 564 g/mol. The van der Waals surface area contributed by atoms with E-state index >= 15 is 0 Å². The normalized spacial score (nSPS) is 11.5. The Bertz CT molecular complexity index is 2470. The molecule has 9 rings (SSSR count). The van der Waals surface area contributed by atoms with Crippen molar-refractivity contribution in [2.45, 2.75) is 0 Å². The summed E-state index contributed by atoms with van der Waals surface area (Å²) >= 11 is 0. The van der Waals surface area contributed by atoms with E-state index in [1.165, 1.54) is 0 Å². The van der Waals surface area contributed by atoms with Crippen molar-refractivity contribution in [3.05, 3.63) is 152 Å². The quantitative estimate of drug-likeness (QED) is 0.205. The van der Waals surface area contributed by atoms with Crippen molar-refractivity contribution >= 4 is 43.6 Å². The van der Waals surface area contributed by atoms with Crippen LogP contribution in [0.15, 0.2) is 146 Å². The predicted octanol–water partition coefficient (Wildman–Crippen LogP) is 9.27. The number of benzene rings is 4. The number of pyridine rings is 3. The summed E-state index contributed by atoms with van der Waals surface area (Å²) in [4.78, 5) is 13.9. The van der Waals surface area contributed by atoms with E-state index in [9.17, 15) is 5.26 Å². The van der Waals surface area contributed by atoms with Crippen LogP contribution in [0.3, 0.4) is 0 Å². The molecule has 0 N–H and O–H groups in total. The first-order valence-corrected chi connectivity index (χ1v) is 15.1. The van der Waals surface area contributed by atoms with Crippen LogP contribution in [-0.2, 0) is 0 Å². The van der Waals surface area contributed by atoms with Gasteiger partial charge in [-0.2, -0.15) is 5.26 Å². The van der Waals surface area contributed by atoms with Crippen LogP contribution in [0.5, 0.6) is 0 Å². The molecule has 6 nitrogen and oxygen atoms in total. The lowest BCUT2D eigenvalue weighted by atomic mass is 10.1. The minimum absolute atomic E-state index is 0.544. The number of nitrogens with zero attached hydrogens (tertiary/aromatic N) is 6. The highest BCUT2D eigenvalue weighted by Crippen LogP contribution is 2.39. The van der Waals surface area contributed by atoms with Crippen molar-refractivity contribution < 1.29 is 0 Å². The van der Waals surface area contributed by atoms with E-state index in [1.807, 2.05) is 60.9 Å². The Hall–Kier alpha value is -6.58. The molecule has 0 amide bonds. The third-order valence-corrected chi connectivity index (χ3v) is 8.77. The fourth-order valence-corrected chi connectivity index (χ4v) is 6.74. The Kier molecular flexibility index (Phi) is 5.77. The third kappa shape index (κ3) is 3.86. The van der Waals surface area contributed by atoms with E-state index in [-0.39, 0.29) is 0 Å². The summed E-state index contributed by atoms with van der Waals surface area (Å²) in [5.41, 5.74) is 9.93. The minimum atomic E-state index is 0.544. The van der Waals surface area contributed by atoms with Crippen molar-refractivity contribution in [1.29, 1.82) is 5.26 Å². The summed E-state index contributed by atoms with van der Waals surface area (Å²) in [6.45, 7) is 0. The largest absolute Gasteiger partial charge is 0.306 e. The van der Waals surface area contributed by atoms with Gasteiger partial charge in [-0.15, -0.1) is 0 Å². The van der Waals surface area contributed by atoms with Crippen LogP contribution in [0.25, 0.3) is 77.5 Å². The fraction of sp³-hybridized carbons (Fsp3) is 0. The van der Waals surface area contributed by atoms with E-state index in [1.54, 1.807) is 12.4 Å². The Morgan fingerprint density at radius 3 is 1.39 bits per heavy atom. The zero-order chi connectivity index (χ0) is 30.6. The first-order valence-electron chi connectivity index (χ1n) is 15.1.